The maximum atomic E-state index is 12.5. The second-order valence-corrected chi connectivity index (χ2v) is 27.0. The normalized spacial score (nSPS) is 12.7. The van der Waals surface area contributed by atoms with Crippen molar-refractivity contribution in [3.63, 3.8) is 0 Å². The SMILES string of the molecule is CCCCCCCC/C=C\CCCCCCCCCC(=O)OCCCCCCCCCCCCCCC/C=C\C/C=C\CCCCCCCCCCCCCCCCCCCC(=O)NC(CO)C(O)/C=C/CCCCCCCCCCCCCCCC. The predicted octanol–water partition coefficient (Wildman–Crippen LogP) is 26.0. The van der Waals surface area contributed by atoms with E-state index in [0.29, 0.717) is 19.4 Å². The number of allylic oxidation sites excluding steroid dienone is 7. The minimum Gasteiger partial charge on any atom is -0.466 e. The second-order valence-electron chi connectivity index (χ2n) is 27.0. The van der Waals surface area contributed by atoms with Crippen LogP contribution in [-0.4, -0.2) is 47.4 Å². The number of aliphatic hydroxyl groups excluding tert-OH is 2. The van der Waals surface area contributed by atoms with E-state index in [1.165, 1.54) is 353 Å². The van der Waals surface area contributed by atoms with Crippen LogP contribution in [0.4, 0.5) is 0 Å². The number of nitrogens with one attached hydrogen (secondary N) is 1. The molecular weight excluding hydrogens is 1070 g/mol. The van der Waals surface area contributed by atoms with Crippen LogP contribution in [-0.2, 0) is 14.3 Å². The number of rotatable bonds is 74. The van der Waals surface area contributed by atoms with Crippen LogP contribution in [0, 0.1) is 0 Å². The summed E-state index contributed by atoms with van der Waals surface area (Å²) in [5.74, 6) is -0.0469. The lowest BCUT2D eigenvalue weighted by Crippen LogP contribution is -2.45. The van der Waals surface area contributed by atoms with Crippen molar-refractivity contribution in [1.29, 1.82) is 0 Å². The highest BCUT2D eigenvalue weighted by Gasteiger charge is 2.18. The van der Waals surface area contributed by atoms with Gasteiger partial charge in [-0.25, -0.2) is 0 Å². The minimum atomic E-state index is -0.843. The molecule has 0 fully saturated rings. The molecule has 87 heavy (non-hydrogen) atoms. The summed E-state index contributed by atoms with van der Waals surface area (Å²) in [4.78, 5) is 24.6. The van der Waals surface area contributed by atoms with Crippen LogP contribution in [0.25, 0.3) is 0 Å². The zero-order valence-corrected chi connectivity index (χ0v) is 58.8. The van der Waals surface area contributed by atoms with E-state index >= 15 is 0 Å². The van der Waals surface area contributed by atoms with Crippen LogP contribution in [0.1, 0.15) is 431 Å². The Morgan fingerprint density at radius 1 is 0.322 bits per heavy atom. The third kappa shape index (κ3) is 72.8. The lowest BCUT2D eigenvalue weighted by molar-refractivity contribution is -0.143. The molecule has 6 heteroatoms. The molecule has 0 saturated heterocycles. The molecular formula is C81H153NO5. The van der Waals surface area contributed by atoms with Crippen LogP contribution < -0.4 is 5.32 Å². The van der Waals surface area contributed by atoms with Gasteiger partial charge in [-0.1, -0.05) is 377 Å². The number of carbonyl (C=O) groups is 2. The maximum absolute atomic E-state index is 12.5. The fourth-order valence-corrected chi connectivity index (χ4v) is 12.3. The van der Waals surface area contributed by atoms with Crippen molar-refractivity contribution >= 4 is 11.9 Å². The van der Waals surface area contributed by atoms with Crippen molar-refractivity contribution in [3.8, 4) is 0 Å². The number of carbonyl (C=O) groups excluding carboxylic acids is 2. The van der Waals surface area contributed by atoms with Crippen molar-refractivity contribution in [2.24, 2.45) is 0 Å². The molecule has 2 atom stereocenters. The van der Waals surface area contributed by atoms with Crippen molar-refractivity contribution in [3.05, 3.63) is 48.6 Å². The Balaban J connectivity index is 3.37. The van der Waals surface area contributed by atoms with Gasteiger partial charge >= 0.3 is 5.97 Å². The third-order valence-corrected chi connectivity index (χ3v) is 18.3. The van der Waals surface area contributed by atoms with E-state index in [0.717, 1.165) is 51.4 Å². The molecule has 0 aromatic carbocycles. The van der Waals surface area contributed by atoms with Crippen LogP contribution in [0.3, 0.4) is 0 Å². The average Bonchev–Trinajstić information content (AvgIpc) is 3.52. The second kappa shape index (κ2) is 76.3. The van der Waals surface area contributed by atoms with Gasteiger partial charge in [0.05, 0.1) is 25.4 Å². The molecule has 0 aromatic heterocycles. The van der Waals surface area contributed by atoms with Crippen LogP contribution in [0.2, 0.25) is 0 Å². The van der Waals surface area contributed by atoms with E-state index in [1.54, 1.807) is 6.08 Å². The molecule has 0 aromatic rings. The zero-order valence-electron chi connectivity index (χ0n) is 58.8. The van der Waals surface area contributed by atoms with Crippen molar-refractivity contribution in [1.82, 2.24) is 5.32 Å². The Labute approximate surface area is 544 Å². The minimum absolute atomic E-state index is 0.0157. The van der Waals surface area contributed by atoms with E-state index in [-0.39, 0.29) is 18.5 Å². The van der Waals surface area contributed by atoms with Gasteiger partial charge in [0.1, 0.15) is 0 Å². The number of ether oxygens (including phenoxy) is 1. The average molecular weight is 1220 g/mol. The first-order valence-electron chi connectivity index (χ1n) is 39.4. The molecule has 2 unspecified atom stereocenters. The molecule has 0 aliphatic heterocycles. The standard InChI is InChI=1S/C81H153NO5/c1-3-5-7-9-11-13-15-17-19-42-47-51-55-59-63-67-71-75-81(86)87-76-72-68-64-60-56-52-48-44-41-39-37-35-33-31-29-27-25-23-21-22-24-26-28-30-32-34-36-38-40-43-46-50-54-58-62-66-70-74-80(85)82-78(77-83)79(84)73-69-65-61-57-53-49-45-20-18-16-14-12-10-8-6-4-2/h17,19,21,23,27,29,69,73,78-79,83-84H,3-16,18,20,22,24-26,28,30-68,70-72,74-77H2,1-2H3,(H,82,85)/b19-17-,23-21-,29-27-,73-69+. The van der Waals surface area contributed by atoms with E-state index in [9.17, 15) is 19.8 Å². The Hall–Kier alpha value is -2.18. The molecule has 0 radical (unpaired) electrons. The fraction of sp³-hybridized carbons (Fsp3) is 0.877. The summed E-state index contributed by atoms with van der Waals surface area (Å²) in [6, 6.07) is -0.626. The molecule has 512 valence electrons. The maximum Gasteiger partial charge on any atom is 0.305 e. The topological polar surface area (TPSA) is 95.9 Å². The molecule has 0 aliphatic carbocycles. The summed E-state index contributed by atoms with van der Waals surface area (Å²) in [6.45, 7) is 4.93. The van der Waals surface area contributed by atoms with Gasteiger partial charge in [0, 0.05) is 12.8 Å². The lowest BCUT2D eigenvalue weighted by atomic mass is 10.0. The summed E-state index contributed by atoms with van der Waals surface area (Å²) in [6.07, 6.45) is 101. The van der Waals surface area contributed by atoms with E-state index < -0.39 is 12.1 Å². The monoisotopic (exact) mass is 1220 g/mol. The molecule has 0 saturated carbocycles. The zero-order chi connectivity index (χ0) is 62.8. The quantitative estimate of drug-likeness (QED) is 0.0320. The highest BCUT2D eigenvalue weighted by Crippen LogP contribution is 2.19. The van der Waals surface area contributed by atoms with E-state index in [4.69, 9.17) is 4.74 Å². The first-order valence-corrected chi connectivity index (χ1v) is 39.4. The third-order valence-electron chi connectivity index (χ3n) is 18.3. The molecule has 0 bridgehead atoms. The smallest absolute Gasteiger partial charge is 0.305 e. The Bertz CT molecular complexity index is 1450. The van der Waals surface area contributed by atoms with Gasteiger partial charge in [0.2, 0.25) is 5.91 Å². The number of hydrogen-bond donors (Lipinski definition) is 3. The number of unbranched alkanes of at least 4 members (excludes halogenated alkanes) is 57. The summed E-state index contributed by atoms with van der Waals surface area (Å²) in [5, 5.41) is 23.2. The van der Waals surface area contributed by atoms with Gasteiger partial charge in [0.25, 0.3) is 0 Å². The van der Waals surface area contributed by atoms with Gasteiger partial charge in [-0.2, -0.15) is 0 Å². The van der Waals surface area contributed by atoms with Crippen LogP contribution in [0.15, 0.2) is 48.6 Å². The highest BCUT2D eigenvalue weighted by molar-refractivity contribution is 5.76. The van der Waals surface area contributed by atoms with Crippen molar-refractivity contribution in [2.75, 3.05) is 13.2 Å². The molecule has 0 heterocycles. The molecule has 6 nitrogen and oxygen atoms in total. The first kappa shape index (κ1) is 84.8. The van der Waals surface area contributed by atoms with Gasteiger partial charge < -0.3 is 20.3 Å². The Morgan fingerprint density at radius 3 is 0.885 bits per heavy atom. The molecule has 0 spiro atoms. The Kier molecular flexibility index (Phi) is 74.4. The fourth-order valence-electron chi connectivity index (χ4n) is 12.3. The van der Waals surface area contributed by atoms with Gasteiger partial charge in [-0.05, 0) is 89.9 Å². The molecule has 0 rings (SSSR count). The molecule has 1 amide bonds. The number of esters is 1. The van der Waals surface area contributed by atoms with E-state index in [2.05, 4.69) is 55.6 Å². The van der Waals surface area contributed by atoms with Crippen molar-refractivity contribution in [2.45, 2.75) is 443 Å². The Morgan fingerprint density at radius 2 is 0.575 bits per heavy atom. The number of aliphatic hydroxyl groups is 2. The largest absolute Gasteiger partial charge is 0.466 e. The first-order chi connectivity index (χ1) is 43.0. The summed E-state index contributed by atoms with van der Waals surface area (Å²) in [5.41, 5.74) is 0. The summed E-state index contributed by atoms with van der Waals surface area (Å²) >= 11 is 0. The van der Waals surface area contributed by atoms with Crippen LogP contribution in [0.5, 0.6) is 0 Å². The number of hydrogen-bond acceptors (Lipinski definition) is 5. The van der Waals surface area contributed by atoms with E-state index in [1.807, 2.05) is 6.08 Å². The number of amides is 1. The van der Waals surface area contributed by atoms with Crippen molar-refractivity contribution < 1.29 is 24.5 Å². The lowest BCUT2D eigenvalue weighted by Gasteiger charge is -2.20. The van der Waals surface area contributed by atoms with Gasteiger partial charge in [-0.15, -0.1) is 0 Å². The highest BCUT2D eigenvalue weighted by atomic mass is 16.5. The predicted molar refractivity (Wildman–Crippen MR) is 384 cm³/mol. The van der Waals surface area contributed by atoms with Gasteiger partial charge in [-0.3, -0.25) is 9.59 Å². The summed E-state index contributed by atoms with van der Waals surface area (Å²) in [7, 11) is 0. The molecule has 0 aliphatic rings. The van der Waals surface area contributed by atoms with Gasteiger partial charge in [0.15, 0.2) is 0 Å². The molecule has 3 N–H and O–H groups in total. The summed E-state index contributed by atoms with van der Waals surface area (Å²) < 4.78 is 5.51. The van der Waals surface area contributed by atoms with Crippen LogP contribution >= 0.6 is 0 Å².